The predicted molar refractivity (Wildman–Crippen MR) is 155 cm³/mol. The number of anilines is 2. The third-order valence-electron chi connectivity index (χ3n) is 7.66. The molecule has 3 saturated heterocycles. The molecule has 0 radical (unpaired) electrons. The van der Waals surface area contributed by atoms with Crippen LogP contribution in [0.15, 0.2) is 42.5 Å². The third-order valence-corrected chi connectivity index (χ3v) is 9.12. The number of ether oxygens (including phenoxy) is 1. The first-order valence-corrected chi connectivity index (χ1v) is 15.9. The molecule has 41 heavy (non-hydrogen) atoms. The molecular weight excluding hydrogens is 568 g/mol. The Morgan fingerprint density at radius 1 is 1.20 bits per heavy atom. The molecule has 15 heteroatoms. The van der Waals surface area contributed by atoms with Crippen molar-refractivity contribution in [3.05, 3.63) is 53.6 Å². The van der Waals surface area contributed by atoms with Crippen LogP contribution < -0.4 is 15.8 Å². The number of nitrogens with two attached hydrogens (primary N) is 1. The molecule has 0 bridgehead atoms. The number of fused-ring (bicyclic) bond motifs is 2. The number of amides is 2. The zero-order chi connectivity index (χ0) is 29.1. The number of nitrogens with zero attached hydrogens (tertiary/aromatic N) is 5. The maximum absolute atomic E-state index is 14.1. The van der Waals surface area contributed by atoms with Crippen molar-refractivity contribution >= 4 is 54.2 Å². The third kappa shape index (κ3) is 5.48. The monoisotopic (exact) mass is 600 g/mol. The molecule has 4 N–H and O–H groups in total. The number of para-hydroxylation sites is 1. The summed E-state index contributed by atoms with van der Waals surface area (Å²) in [7, 11) is 0.289. The lowest BCUT2D eigenvalue weighted by molar-refractivity contribution is -0.160. The summed E-state index contributed by atoms with van der Waals surface area (Å²) < 4.78 is 32.3. The highest BCUT2D eigenvalue weighted by Gasteiger charge is 2.54. The van der Waals surface area contributed by atoms with Gasteiger partial charge in [-0.15, -0.1) is 0 Å². The van der Waals surface area contributed by atoms with Gasteiger partial charge in [0, 0.05) is 25.7 Å². The number of hydrogen-bond acceptors (Lipinski definition) is 11. The first kappa shape index (κ1) is 27.8. The Kier molecular flexibility index (Phi) is 7.12. The number of carbonyl (C=O) groups excluding carboxylic acids is 2. The Balaban J connectivity index is 1.31. The second-order valence-electron chi connectivity index (χ2n) is 10.5. The first-order chi connectivity index (χ1) is 19.5. The molecule has 0 saturated carbocycles. The Labute approximate surface area is 241 Å². The van der Waals surface area contributed by atoms with Gasteiger partial charge in [0.15, 0.2) is 17.6 Å². The van der Waals surface area contributed by atoms with E-state index in [0.717, 1.165) is 27.6 Å². The van der Waals surface area contributed by atoms with Crippen LogP contribution in [0.5, 0.6) is 0 Å². The van der Waals surface area contributed by atoms with Crippen molar-refractivity contribution < 1.29 is 22.7 Å². The van der Waals surface area contributed by atoms with E-state index in [4.69, 9.17) is 10.5 Å². The van der Waals surface area contributed by atoms with Crippen molar-refractivity contribution in [1.29, 1.82) is 0 Å². The lowest BCUT2D eigenvalue weighted by Gasteiger charge is -2.45. The fraction of sp³-hybridized carbons (Fsp3) is 0.423. The van der Waals surface area contributed by atoms with Gasteiger partial charge >= 0.3 is 0 Å². The largest absolute Gasteiger partial charge is 0.375 e. The number of nitrogens with one attached hydrogen (secondary N) is 2. The van der Waals surface area contributed by atoms with Crippen molar-refractivity contribution in [3.8, 4) is 0 Å². The number of epoxide rings is 1. The van der Waals surface area contributed by atoms with Gasteiger partial charge in [-0.05, 0) is 36.4 Å². The minimum absolute atomic E-state index is 0.129. The zero-order valence-electron chi connectivity index (χ0n) is 22.9. The fourth-order valence-corrected chi connectivity index (χ4v) is 7.06. The molecule has 4 atom stereocenters. The molecule has 13 nitrogen and oxygen atoms in total. The van der Waals surface area contributed by atoms with Gasteiger partial charge in [0.1, 0.15) is 12.2 Å². The highest BCUT2D eigenvalue weighted by molar-refractivity contribution is 7.92. The van der Waals surface area contributed by atoms with Crippen molar-refractivity contribution in [1.82, 2.24) is 30.1 Å². The summed E-state index contributed by atoms with van der Waals surface area (Å²) in [6.45, 7) is 0.766. The van der Waals surface area contributed by atoms with Crippen LogP contribution in [0.25, 0.3) is 10.2 Å². The van der Waals surface area contributed by atoms with E-state index in [2.05, 4.69) is 15.0 Å². The van der Waals surface area contributed by atoms with Crippen LogP contribution in [0, 0.1) is 0 Å². The average Bonchev–Trinajstić information content (AvgIpc) is 3.50. The number of rotatable bonds is 9. The van der Waals surface area contributed by atoms with Crippen molar-refractivity contribution in [2.75, 3.05) is 43.9 Å². The van der Waals surface area contributed by atoms with Crippen LogP contribution in [0.3, 0.4) is 0 Å². The number of nitrogen functional groups attached to an aromatic ring is 1. The van der Waals surface area contributed by atoms with E-state index < -0.39 is 16.1 Å². The van der Waals surface area contributed by atoms with Gasteiger partial charge in [0.2, 0.25) is 21.8 Å². The normalized spacial score (nSPS) is 24.9. The summed E-state index contributed by atoms with van der Waals surface area (Å²) in [5, 5.41) is 7.46. The van der Waals surface area contributed by atoms with E-state index in [-0.39, 0.29) is 43.4 Å². The van der Waals surface area contributed by atoms with Gasteiger partial charge < -0.3 is 20.3 Å². The summed E-state index contributed by atoms with van der Waals surface area (Å²) >= 11 is 1.40. The average molecular weight is 601 g/mol. The van der Waals surface area contributed by atoms with Crippen LogP contribution in [0.4, 0.5) is 10.8 Å². The van der Waals surface area contributed by atoms with Crippen LogP contribution >= 0.6 is 11.3 Å². The molecule has 3 fully saturated rings. The minimum atomic E-state index is -3.42. The molecular formula is C26H32N8O5S2. The molecule has 2 amide bonds. The van der Waals surface area contributed by atoms with E-state index in [1.165, 1.54) is 11.3 Å². The second kappa shape index (κ2) is 10.5. The molecule has 2 aromatic carbocycles. The van der Waals surface area contributed by atoms with Gasteiger partial charge in [0.25, 0.3) is 0 Å². The molecule has 0 aliphatic carbocycles. The molecule has 218 valence electrons. The Bertz CT molecular complexity index is 1600. The Morgan fingerprint density at radius 3 is 2.63 bits per heavy atom. The van der Waals surface area contributed by atoms with E-state index >= 15 is 0 Å². The summed E-state index contributed by atoms with van der Waals surface area (Å²) in [4.78, 5) is 35.5. The number of likely N-dealkylation sites (N-methyl/N-ethyl adjacent to an activating group) is 2. The van der Waals surface area contributed by atoms with Crippen LogP contribution in [0.2, 0.25) is 0 Å². The van der Waals surface area contributed by atoms with Gasteiger partial charge in [0.05, 0.1) is 29.6 Å². The van der Waals surface area contributed by atoms with E-state index in [0.29, 0.717) is 23.9 Å². The molecule has 3 aromatic rings. The van der Waals surface area contributed by atoms with Gasteiger partial charge in [-0.2, -0.15) is 0 Å². The lowest BCUT2D eigenvalue weighted by Crippen LogP contribution is -2.65. The SMILES string of the molecule is CNC1OC1N(C)N1CC(=O)N2[C@@H](Cc3ccc(NS(C)(=O)=O)cc3)C(=O)N(Cc3cccc4sc(N)nc34)C[C@@H]21. The Morgan fingerprint density at radius 2 is 1.95 bits per heavy atom. The van der Waals surface area contributed by atoms with E-state index in [1.807, 2.05) is 42.3 Å². The quantitative estimate of drug-likeness (QED) is 0.294. The summed E-state index contributed by atoms with van der Waals surface area (Å²) in [5.41, 5.74) is 8.87. The Hall–Kier alpha value is -3.34. The molecule has 4 heterocycles. The number of benzene rings is 2. The first-order valence-electron chi connectivity index (χ1n) is 13.1. The van der Waals surface area contributed by atoms with Gasteiger partial charge in [-0.25, -0.2) is 23.4 Å². The maximum atomic E-state index is 14.1. The summed E-state index contributed by atoms with van der Waals surface area (Å²) in [6, 6.07) is 11.9. The van der Waals surface area contributed by atoms with Crippen LogP contribution in [-0.4, -0.2) is 103 Å². The van der Waals surface area contributed by atoms with E-state index in [9.17, 15) is 18.0 Å². The number of sulfonamides is 1. The standard InChI is InChI=1S/C26H32N8O5S2/c1-28-23-25(39-23)31(2)33-14-21(35)34-18(11-15-7-9-17(10-8-15)30-41(3,37)38)24(36)32(13-20(33)34)12-16-5-4-6-19-22(16)29-26(27)40-19/h4-10,18,20,23,25,28,30H,11-14H2,1-3H3,(H2,27,29)/t18-,20+,23?,25?/m0/s1. The maximum Gasteiger partial charge on any atom is 0.246 e. The molecule has 3 aliphatic heterocycles. The topological polar surface area (TPSA) is 157 Å². The van der Waals surface area contributed by atoms with Gasteiger partial charge in [-0.3, -0.25) is 19.6 Å². The summed E-state index contributed by atoms with van der Waals surface area (Å²) in [6.07, 6.45) is 0.639. The number of hydrogen-bond donors (Lipinski definition) is 3. The van der Waals surface area contributed by atoms with Crippen LogP contribution in [-0.2, 0) is 37.3 Å². The number of thiazole rings is 1. The molecule has 6 rings (SSSR count). The molecule has 3 aliphatic rings. The fourth-order valence-electron chi connectivity index (χ4n) is 5.71. The summed E-state index contributed by atoms with van der Waals surface area (Å²) in [5.74, 6) is -0.292. The number of piperazine rings is 1. The molecule has 0 spiro atoms. The van der Waals surface area contributed by atoms with Gasteiger partial charge in [-0.1, -0.05) is 35.6 Å². The highest BCUT2D eigenvalue weighted by atomic mass is 32.2. The van der Waals surface area contributed by atoms with Crippen molar-refractivity contribution in [2.24, 2.45) is 0 Å². The number of carbonyl (C=O) groups is 2. The van der Waals surface area contributed by atoms with Crippen molar-refractivity contribution in [2.45, 2.75) is 37.6 Å². The smallest absolute Gasteiger partial charge is 0.246 e. The minimum Gasteiger partial charge on any atom is -0.375 e. The predicted octanol–water partition coefficient (Wildman–Crippen LogP) is 0.422. The number of hydrazine groups is 1. The second-order valence-corrected chi connectivity index (χ2v) is 13.3. The molecule has 2 unspecified atom stereocenters. The number of aromatic nitrogens is 1. The lowest BCUT2D eigenvalue weighted by atomic mass is 9.99. The van der Waals surface area contributed by atoms with Crippen molar-refractivity contribution in [3.63, 3.8) is 0 Å². The van der Waals surface area contributed by atoms with E-state index in [1.54, 1.807) is 34.1 Å². The zero-order valence-corrected chi connectivity index (χ0v) is 24.5. The van der Waals surface area contributed by atoms with Crippen LogP contribution in [0.1, 0.15) is 11.1 Å². The highest BCUT2D eigenvalue weighted by Crippen LogP contribution is 2.34. The molecule has 1 aromatic heterocycles.